The highest BCUT2D eigenvalue weighted by Gasteiger charge is 2.28. The lowest BCUT2D eigenvalue weighted by Crippen LogP contribution is -2.39. The quantitative estimate of drug-likeness (QED) is 0.789. The molecule has 1 heterocycles. The second-order valence-electron chi connectivity index (χ2n) is 5.23. The van der Waals surface area contributed by atoms with Gasteiger partial charge in [0.25, 0.3) is 0 Å². The molecule has 0 atom stereocenters. The van der Waals surface area contributed by atoms with Gasteiger partial charge in [-0.3, -0.25) is 9.59 Å². The summed E-state index contributed by atoms with van der Waals surface area (Å²) in [5.41, 5.74) is -0.891. The van der Waals surface area contributed by atoms with Crippen LogP contribution in [0.1, 0.15) is 33.1 Å². The highest BCUT2D eigenvalue weighted by Crippen LogP contribution is 2.25. The lowest BCUT2D eigenvalue weighted by molar-refractivity contribution is -0.146. The van der Waals surface area contributed by atoms with E-state index >= 15 is 0 Å². The van der Waals surface area contributed by atoms with Gasteiger partial charge in [-0.1, -0.05) is 0 Å². The van der Waals surface area contributed by atoms with E-state index < -0.39 is 11.4 Å². The van der Waals surface area contributed by atoms with Crippen LogP contribution in [0.3, 0.4) is 0 Å². The predicted molar refractivity (Wildman–Crippen MR) is 69.1 cm³/mol. The van der Waals surface area contributed by atoms with E-state index in [1.54, 1.807) is 13.8 Å². The maximum Gasteiger partial charge on any atom is 0.310 e. The minimum Gasteiger partial charge on any atom is -0.481 e. The maximum atomic E-state index is 11.7. The number of amides is 1. The number of rotatable bonds is 5. The molecule has 1 amide bonds. The molecule has 17 heavy (non-hydrogen) atoms. The van der Waals surface area contributed by atoms with E-state index in [4.69, 9.17) is 5.11 Å². The van der Waals surface area contributed by atoms with Crippen LogP contribution in [0.25, 0.3) is 0 Å². The molecular weight excluding hydrogens is 238 g/mol. The van der Waals surface area contributed by atoms with Crippen LogP contribution in [0.5, 0.6) is 0 Å². The van der Waals surface area contributed by atoms with Gasteiger partial charge in [0.1, 0.15) is 0 Å². The van der Waals surface area contributed by atoms with Gasteiger partial charge in [0.2, 0.25) is 5.91 Å². The fourth-order valence-electron chi connectivity index (χ4n) is 1.68. The van der Waals surface area contributed by atoms with Crippen molar-refractivity contribution in [3.05, 3.63) is 0 Å². The van der Waals surface area contributed by atoms with E-state index in [1.807, 2.05) is 11.8 Å². The van der Waals surface area contributed by atoms with E-state index in [-0.39, 0.29) is 12.5 Å². The Balaban J connectivity index is 2.27. The van der Waals surface area contributed by atoms with Crippen molar-refractivity contribution < 1.29 is 14.7 Å². The second-order valence-corrected chi connectivity index (χ2v) is 6.45. The molecule has 4 nitrogen and oxygen atoms in total. The number of carbonyl (C=O) groups is 2. The number of carboxylic acids is 1. The topological polar surface area (TPSA) is 66.4 Å². The zero-order valence-corrected chi connectivity index (χ0v) is 11.3. The van der Waals surface area contributed by atoms with Gasteiger partial charge in [0, 0.05) is 13.0 Å². The molecule has 1 aliphatic rings. The Hall–Kier alpha value is -0.710. The van der Waals surface area contributed by atoms with Gasteiger partial charge < -0.3 is 10.4 Å². The summed E-state index contributed by atoms with van der Waals surface area (Å²) in [7, 11) is 0. The summed E-state index contributed by atoms with van der Waals surface area (Å²) in [5, 5.41) is 11.6. The van der Waals surface area contributed by atoms with E-state index in [0.29, 0.717) is 12.3 Å². The summed E-state index contributed by atoms with van der Waals surface area (Å²) in [6, 6.07) is 0. The molecule has 0 unspecified atom stereocenters. The van der Waals surface area contributed by atoms with Crippen LogP contribution >= 0.6 is 11.8 Å². The molecule has 2 N–H and O–H groups in total. The Morgan fingerprint density at radius 2 is 1.94 bits per heavy atom. The number of thioether (sulfide) groups is 1. The van der Waals surface area contributed by atoms with Gasteiger partial charge >= 0.3 is 5.97 Å². The Kier molecular flexibility index (Phi) is 5.31. The number of hydrogen-bond donors (Lipinski definition) is 2. The molecule has 1 rings (SSSR count). The van der Waals surface area contributed by atoms with Gasteiger partial charge in [-0.25, -0.2) is 0 Å². The molecule has 0 aromatic carbocycles. The van der Waals surface area contributed by atoms with Crippen molar-refractivity contribution >= 4 is 23.6 Å². The van der Waals surface area contributed by atoms with E-state index in [9.17, 15) is 9.59 Å². The molecule has 0 spiro atoms. The van der Waals surface area contributed by atoms with E-state index in [0.717, 1.165) is 24.3 Å². The average Bonchev–Trinajstić information content (AvgIpc) is 2.28. The fourth-order valence-corrected chi connectivity index (χ4v) is 2.88. The van der Waals surface area contributed by atoms with Crippen LogP contribution in [0, 0.1) is 11.3 Å². The molecule has 1 aliphatic heterocycles. The first-order chi connectivity index (χ1) is 7.92. The third-order valence-electron chi connectivity index (χ3n) is 3.12. The summed E-state index contributed by atoms with van der Waals surface area (Å²) < 4.78 is 0. The first-order valence-corrected chi connectivity index (χ1v) is 7.15. The van der Waals surface area contributed by atoms with Crippen molar-refractivity contribution in [1.82, 2.24) is 5.32 Å². The standard InChI is InChI=1S/C12H21NO3S/c1-12(2,11(15)16)8-13-10(14)7-9-3-5-17-6-4-9/h9H,3-8H2,1-2H3,(H,13,14)(H,15,16). The van der Waals surface area contributed by atoms with Crippen LogP contribution in [-0.2, 0) is 9.59 Å². The predicted octanol–water partition coefficient (Wildman–Crippen LogP) is 1.75. The molecule has 1 fully saturated rings. The van der Waals surface area contributed by atoms with Crippen molar-refractivity contribution in [2.45, 2.75) is 33.1 Å². The number of nitrogens with one attached hydrogen (secondary N) is 1. The smallest absolute Gasteiger partial charge is 0.310 e. The molecule has 0 bridgehead atoms. The van der Waals surface area contributed by atoms with E-state index in [2.05, 4.69) is 5.32 Å². The van der Waals surface area contributed by atoms with Crippen molar-refractivity contribution in [3.63, 3.8) is 0 Å². The molecule has 0 aliphatic carbocycles. The Labute approximate surface area is 107 Å². The molecule has 98 valence electrons. The van der Waals surface area contributed by atoms with Gasteiger partial charge in [-0.05, 0) is 44.1 Å². The average molecular weight is 259 g/mol. The third kappa shape index (κ3) is 4.98. The first-order valence-electron chi connectivity index (χ1n) is 5.99. The van der Waals surface area contributed by atoms with E-state index in [1.165, 1.54) is 0 Å². The lowest BCUT2D eigenvalue weighted by Gasteiger charge is -2.23. The molecule has 0 saturated carbocycles. The normalized spacial score (nSPS) is 17.8. The summed E-state index contributed by atoms with van der Waals surface area (Å²) >= 11 is 1.94. The third-order valence-corrected chi connectivity index (χ3v) is 4.17. The summed E-state index contributed by atoms with van der Waals surface area (Å²) in [5.74, 6) is 1.85. The van der Waals surface area contributed by atoms with Gasteiger partial charge in [-0.2, -0.15) is 11.8 Å². The molecule has 0 radical (unpaired) electrons. The van der Waals surface area contributed by atoms with Gasteiger partial charge in [-0.15, -0.1) is 0 Å². The number of aliphatic carboxylic acids is 1. The second kappa shape index (κ2) is 6.28. The van der Waals surface area contributed by atoms with Crippen LogP contribution in [0.4, 0.5) is 0 Å². The Bertz CT molecular complexity index is 285. The fraction of sp³-hybridized carbons (Fsp3) is 0.833. The zero-order valence-electron chi connectivity index (χ0n) is 10.5. The zero-order chi connectivity index (χ0) is 12.9. The number of carboxylic acid groups (broad SMARTS) is 1. The van der Waals surface area contributed by atoms with Crippen molar-refractivity contribution in [3.8, 4) is 0 Å². The molecule has 0 aromatic heterocycles. The lowest BCUT2D eigenvalue weighted by atomic mass is 9.93. The minimum atomic E-state index is -0.891. The Morgan fingerprint density at radius 1 is 1.35 bits per heavy atom. The summed E-state index contributed by atoms with van der Waals surface area (Å²) in [6.45, 7) is 3.43. The molecule has 5 heteroatoms. The highest BCUT2D eigenvalue weighted by atomic mass is 32.2. The van der Waals surface area contributed by atoms with Crippen molar-refractivity contribution in [2.24, 2.45) is 11.3 Å². The van der Waals surface area contributed by atoms with Crippen LogP contribution in [0.2, 0.25) is 0 Å². The number of carbonyl (C=O) groups excluding carboxylic acids is 1. The highest BCUT2D eigenvalue weighted by molar-refractivity contribution is 7.99. The first kappa shape index (κ1) is 14.4. The molecule has 1 saturated heterocycles. The molecule has 0 aromatic rings. The molecular formula is C12H21NO3S. The van der Waals surface area contributed by atoms with Gasteiger partial charge in [0.15, 0.2) is 0 Å². The monoisotopic (exact) mass is 259 g/mol. The van der Waals surface area contributed by atoms with Gasteiger partial charge in [0.05, 0.1) is 5.41 Å². The van der Waals surface area contributed by atoms with Crippen molar-refractivity contribution in [1.29, 1.82) is 0 Å². The van der Waals surface area contributed by atoms with Crippen LogP contribution in [-0.4, -0.2) is 35.0 Å². The summed E-state index contributed by atoms with van der Waals surface area (Å²) in [6.07, 6.45) is 2.73. The largest absolute Gasteiger partial charge is 0.481 e. The number of hydrogen-bond acceptors (Lipinski definition) is 3. The van der Waals surface area contributed by atoms with Crippen molar-refractivity contribution in [2.75, 3.05) is 18.1 Å². The Morgan fingerprint density at radius 3 is 2.47 bits per heavy atom. The maximum absolute atomic E-state index is 11.7. The van der Waals surface area contributed by atoms with Crippen LogP contribution < -0.4 is 5.32 Å². The van der Waals surface area contributed by atoms with Crippen LogP contribution in [0.15, 0.2) is 0 Å². The SMILES string of the molecule is CC(C)(CNC(=O)CC1CCSCC1)C(=O)O. The summed E-state index contributed by atoms with van der Waals surface area (Å²) in [4.78, 5) is 22.5. The minimum absolute atomic E-state index is 0.0174.